The Morgan fingerprint density at radius 2 is 1.96 bits per heavy atom. The molecule has 2 bridgehead atoms. The Morgan fingerprint density at radius 1 is 1.26 bits per heavy atom. The average Bonchev–Trinajstić information content (AvgIpc) is 2.51. The van der Waals surface area contributed by atoms with E-state index < -0.39 is 5.60 Å². The lowest BCUT2D eigenvalue weighted by atomic mass is 9.78. The van der Waals surface area contributed by atoms with Crippen molar-refractivity contribution in [1.29, 1.82) is 0 Å². The van der Waals surface area contributed by atoms with Crippen LogP contribution in [-0.2, 0) is 6.42 Å². The van der Waals surface area contributed by atoms with E-state index >= 15 is 0 Å². The normalized spacial score (nSPS) is 24.6. The minimum absolute atomic E-state index is 0.187. The zero-order valence-corrected chi connectivity index (χ0v) is 14.4. The molecular weight excluding hydrogens is 286 g/mol. The number of fused-ring (bicyclic) bond motifs is 2. The van der Waals surface area contributed by atoms with Crippen molar-refractivity contribution in [3.63, 3.8) is 0 Å². The number of carbonyl (C=O) groups excluding carboxylic acids is 1. The molecule has 3 rings (SSSR count). The number of piperidine rings is 1. The Hall–Kier alpha value is -1.35. The van der Waals surface area contributed by atoms with Crippen LogP contribution >= 0.6 is 0 Å². The Labute approximate surface area is 139 Å². The van der Waals surface area contributed by atoms with Gasteiger partial charge >= 0.3 is 0 Å². The molecule has 0 spiro atoms. The second-order valence-corrected chi connectivity index (χ2v) is 8.12. The topological polar surface area (TPSA) is 40.5 Å². The van der Waals surface area contributed by atoms with E-state index in [9.17, 15) is 9.90 Å². The van der Waals surface area contributed by atoms with Gasteiger partial charge in [-0.25, -0.2) is 0 Å². The fourth-order valence-electron chi connectivity index (χ4n) is 4.09. The van der Waals surface area contributed by atoms with Gasteiger partial charge in [-0.3, -0.25) is 4.79 Å². The third-order valence-corrected chi connectivity index (χ3v) is 5.34. The lowest BCUT2D eigenvalue weighted by Crippen LogP contribution is -2.45. The van der Waals surface area contributed by atoms with Crippen molar-refractivity contribution >= 4 is 5.91 Å². The first-order chi connectivity index (χ1) is 10.9. The molecule has 1 saturated carbocycles. The summed E-state index contributed by atoms with van der Waals surface area (Å²) >= 11 is 0. The fraction of sp³-hybridized carbons (Fsp3) is 0.650. The monoisotopic (exact) mass is 315 g/mol. The van der Waals surface area contributed by atoms with Gasteiger partial charge in [-0.2, -0.15) is 0 Å². The van der Waals surface area contributed by atoms with Gasteiger partial charge in [0, 0.05) is 18.7 Å². The molecule has 2 aliphatic rings. The molecule has 1 aromatic carbocycles. The molecule has 0 aromatic heterocycles. The van der Waals surface area contributed by atoms with Gasteiger partial charge in [0.25, 0.3) is 5.91 Å². The molecule has 2 atom stereocenters. The summed E-state index contributed by atoms with van der Waals surface area (Å²) in [5.74, 6) is 1.61. The summed E-state index contributed by atoms with van der Waals surface area (Å²) in [6.45, 7) is 5.52. The van der Waals surface area contributed by atoms with Gasteiger partial charge in [-0.1, -0.05) is 18.6 Å². The zero-order chi connectivity index (χ0) is 16.4. The maximum atomic E-state index is 12.9. The third kappa shape index (κ3) is 4.35. The van der Waals surface area contributed by atoms with E-state index in [0.717, 1.165) is 30.6 Å². The first-order valence-corrected chi connectivity index (χ1v) is 9.01. The molecule has 3 nitrogen and oxygen atoms in total. The number of hydrogen-bond acceptors (Lipinski definition) is 2. The molecule has 23 heavy (non-hydrogen) atoms. The highest BCUT2D eigenvalue weighted by Crippen LogP contribution is 2.34. The average molecular weight is 315 g/mol. The Balaban J connectivity index is 1.67. The molecule has 1 saturated heterocycles. The number of nitrogens with zero attached hydrogens (tertiary/aromatic N) is 1. The molecule has 0 radical (unpaired) electrons. The molecule has 1 heterocycles. The summed E-state index contributed by atoms with van der Waals surface area (Å²) in [6.07, 6.45) is 6.73. The standard InChI is InChI=1S/C20H29NO2/c1-20(2,23)10-9-15-5-4-8-18(12-15)19(22)21-13-16-6-3-7-17(11-16)14-21/h4-5,8,12,16-17,23H,3,6-7,9-11,13-14H2,1-2H3/t16-,17+. The number of carbonyl (C=O) groups is 1. The molecule has 1 aromatic rings. The van der Waals surface area contributed by atoms with Crippen LogP contribution in [0.3, 0.4) is 0 Å². The van der Waals surface area contributed by atoms with Crippen LogP contribution in [0.15, 0.2) is 24.3 Å². The minimum Gasteiger partial charge on any atom is -0.390 e. The van der Waals surface area contributed by atoms with E-state index in [4.69, 9.17) is 0 Å². The summed E-state index contributed by atoms with van der Waals surface area (Å²) in [4.78, 5) is 14.9. The van der Waals surface area contributed by atoms with Crippen molar-refractivity contribution < 1.29 is 9.90 Å². The predicted molar refractivity (Wildman–Crippen MR) is 92.4 cm³/mol. The molecule has 2 fully saturated rings. The number of benzene rings is 1. The number of amides is 1. The van der Waals surface area contributed by atoms with Crippen LogP contribution in [-0.4, -0.2) is 34.6 Å². The van der Waals surface area contributed by atoms with E-state index in [1.54, 1.807) is 0 Å². The van der Waals surface area contributed by atoms with Crippen LogP contribution in [0.5, 0.6) is 0 Å². The lowest BCUT2D eigenvalue weighted by molar-refractivity contribution is 0.0504. The van der Waals surface area contributed by atoms with Gasteiger partial charge in [-0.15, -0.1) is 0 Å². The van der Waals surface area contributed by atoms with Crippen molar-refractivity contribution in [3.8, 4) is 0 Å². The van der Waals surface area contributed by atoms with Crippen molar-refractivity contribution in [2.45, 2.75) is 58.0 Å². The van der Waals surface area contributed by atoms with Gasteiger partial charge in [0.05, 0.1) is 5.60 Å². The smallest absolute Gasteiger partial charge is 0.253 e. The summed E-state index contributed by atoms with van der Waals surface area (Å²) < 4.78 is 0. The van der Waals surface area contributed by atoms with Gasteiger partial charge in [0.1, 0.15) is 0 Å². The Bertz CT molecular complexity index is 549. The first kappa shape index (κ1) is 16.5. The van der Waals surface area contributed by atoms with Crippen LogP contribution in [0, 0.1) is 11.8 Å². The number of rotatable bonds is 4. The Kier molecular flexibility index (Phi) is 4.77. The van der Waals surface area contributed by atoms with E-state index in [1.807, 2.05) is 38.1 Å². The van der Waals surface area contributed by atoms with Crippen LogP contribution in [0.25, 0.3) is 0 Å². The summed E-state index contributed by atoms with van der Waals surface area (Å²) in [7, 11) is 0. The molecule has 1 aliphatic carbocycles. The van der Waals surface area contributed by atoms with Crippen LogP contribution in [0.1, 0.15) is 61.9 Å². The van der Waals surface area contributed by atoms with Crippen LogP contribution in [0.4, 0.5) is 0 Å². The highest BCUT2D eigenvalue weighted by atomic mass is 16.3. The number of hydrogen-bond donors (Lipinski definition) is 1. The number of aliphatic hydroxyl groups is 1. The predicted octanol–water partition coefficient (Wildman–Crippen LogP) is 3.65. The molecule has 1 amide bonds. The number of likely N-dealkylation sites (tertiary alicyclic amines) is 1. The van der Waals surface area contributed by atoms with Gasteiger partial charge in [-0.05, 0) is 75.5 Å². The molecule has 126 valence electrons. The second kappa shape index (κ2) is 6.64. The van der Waals surface area contributed by atoms with E-state index in [2.05, 4.69) is 4.90 Å². The summed E-state index contributed by atoms with van der Waals surface area (Å²) in [5.41, 5.74) is 1.28. The van der Waals surface area contributed by atoms with Crippen molar-refractivity contribution in [2.75, 3.05) is 13.1 Å². The lowest BCUT2D eigenvalue weighted by Gasteiger charge is -2.41. The number of aryl methyl sites for hydroxylation is 1. The molecule has 0 unspecified atom stereocenters. The second-order valence-electron chi connectivity index (χ2n) is 8.12. The van der Waals surface area contributed by atoms with Crippen LogP contribution in [0.2, 0.25) is 0 Å². The third-order valence-electron chi connectivity index (χ3n) is 5.34. The highest BCUT2D eigenvalue weighted by molar-refractivity contribution is 5.94. The highest BCUT2D eigenvalue weighted by Gasteiger charge is 2.32. The minimum atomic E-state index is -0.662. The quantitative estimate of drug-likeness (QED) is 0.921. The van der Waals surface area contributed by atoms with E-state index in [1.165, 1.54) is 25.7 Å². The van der Waals surface area contributed by atoms with Crippen molar-refractivity contribution in [2.24, 2.45) is 11.8 Å². The molecule has 1 aliphatic heterocycles. The Morgan fingerprint density at radius 3 is 2.61 bits per heavy atom. The van der Waals surface area contributed by atoms with Gasteiger partial charge in [0.15, 0.2) is 0 Å². The van der Waals surface area contributed by atoms with Gasteiger partial charge < -0.3 is 10.0 Å². The molecule has 1 N–H and O–H groups in total. The van der Waals surface area contributed by atoms with E-state index in [0.29, 0.717) is 18.3 Å². The van der Waals surface area contributed by atoms with Crippen molar-refractivity contribution in [3.05, 3.63) is 35.4 Å². The molecular formula is C20H29NO2. The van der Waals surface area contributed by atoms with E-state index in [-0.39, 0.29) is 5.91 Å². The van der Waals surface area contributed by atoms with Crippen LogP contribution < -0.4 is 0 Å². The maximum absolute atomic E-state index is 12.9. The van der Waals surface area contributed by atoms with Crippen molar-refractivity contribution in [1.82, 2.24) is 4.90 Å². The molecule has 3 heteroatoms. The first-order valence-electron chi connectivity index (χ1n) is 9.01. The van der Waals surface area contributed by atoms with Gasteiger partial charge in [0.2, 0.25) is 0 Å². The maximum Gasteiger partial charge on any atom is 0.253 e. The summed E-state index contributed by atoms with van der Waals surface area (Å²) in [6, 6.07) is 7.96. The SMILES string of the molecule is CC(C)(O)CCc1cccc(C(=O)N2C[C@@H]3CCC[C@@H](C3)C2)c1. The fourth-order valence-corrected chi connectivity index (χ4v) is 4.09. The zero-order valence-electron chi connectivity index (χ0n) is 14.4. The summed E-state index contributed by atoms with van der Waals surface area (Å²) in [5, 5.41) is 9.88. The largest absolute Gasteiger partial charge is 0.390 e.